The summed E-state index contributed by atoms with van der Waals surface area (Å²) in [7, 11) is 0. The molecular weight excluding hydrogens is 269 g/mol. The molecule has 3 nitrogen and oxygen atoms in total. The van der Waals surface area contributed by atoms with E-state index in [1.807, 2.05) is 0 Å². The molecule has 1 aromatic carbocycles. The summed E-state index contributed by atoms with van der Waals surface area (Å²) >= 11 is 5.86. The fourth-order valence-corrected chi connectivity index (χ4v) is 1.98. The second-order valence-electron chi connectivity index (χ2n) is 4.15. The minimum atomic E-state index is -0.571. The van der Waals surface area contributed by atoms with Gasteiger partial charge >= 0.3 is 0 Å². The summed E-state index contributed by atoms with van der Waals surface area (Å²) in [6, 6.07) is 4.29. The van der Waals surface area contributed by atoms with E-state index in [0.29, 0.717) is 5.56 Å². The molecule has 0 bridgehead atoms. The largest absolute Gasteiger partial charge is 0.508 e. The number of nitrogens with zero attached hydrogens (tertiary/aromatic N) is 1. The molecular formula is C14H11ClFNO2. The van der Waals surface area contributed by atoms with Gasteiger partial charge in [-0.15, -0.1) is 0 Å². The Kier molecular flexibility index (Phi) is 3.81. The zero-order chi connectivity index (χ0) is 14.0. The summed E-state index contributed by atoms with van der Waals surface area (Å²) in [4.78, 5) is 15.8. The highest BCUT2D eigenvalue weighted by atomic mass is 35.5. The number of ketones is 1. The molecule has 0 spiro atoms. The van der Waals surface area contributed by atoms with E-state index in [0.717, 1.165) is 0 Å². The van der Waals surface area contributed by atoms with Crippen LogP contribution in [0.1, 0.15) is 21.5 Å². The molecule has 0 saturated heterocycles. The number of hydrogen-bond donors (Lipinski definition) is 1. The SMILES string of the molecule is Cc1ccc(O)c(CC(=O)c2ccncc2Cl)c1F. The van der Waals surface area contributed by atoms with Gasteiger partial charge in [-0.1, -0.05) is 17.7 Å². The quantitative estimate of drug-likeness (QED) is 0.877. The van der Waals surface area contributed by atoms with Crippen molar-refractivity contribution in [3.05, 3.63) is 58.1 Å². The molecule has 0 fully saturated rings. The van der Waals surface area contributed by atoms with Crippen molar-refractivity contribution in [2.75, 3.05) is 0 Å². The number of phenols is 1. The normalized spacial score (nSPS) is 10.5. The van der Waals surface area contributed by atoms with Gasteiger partial charge in [-0.05, 0) is 24.6 Å². The highest BCUT2D eigenvalue weighted by Crippen LogP contribution is 2.25. The number of halogens is 2. The second kappa shape index (κ2) is 5.36. The predicted molar refractivity (Wildman–Crippen MR) is 70.1 cm³/mol. The van der Waals surface area contributed by atoms with Gasteiger partial charge in [-0.3, -0.25) is 9.78 Å². The van der Waals surface area contributed by atoms with Crippen molar-refractivity contribution in [3.8, 4) is 5.75 Å². The molecule has 0 saturated carbocycles. The lowest BCUT2D eigenvalue weighted by Crippen LogP contribution is -2.07. The topological polar surface area (TPSA) is 50.2 Å². The summed E-state index contributed by atoms with van der Waals surface area (Å²) in [5.41, 5.74) is 0.622. The molecule has 0 aliphatic heterocycles. The monoisotopic (exact) mass is 279 g/mol. The lowest BCUT2D eigenvalue weighted by Gasteiger charge is -2.08. The van der Waals surface area contributed by atoms with Gasteiger partial charge in [0.05, 0.1) is 5.02 Å². The molecule has 1 N–H and O–H groups in total. The lowest BCUT2D eigenvalue weighted by atomic mass is 10.0. The second-order valence-corrected chi connectivity index (χ2v) is 4.56. The summed E-state index contributed by atoms with van der Waals surface area (Å²) < 4.78 is 13.9. The van der Waals surface area contributed by atoms with Gasteiger partial charge in [-0.2, -0.15) is 0 Å². The Hall–Kier alpha value is -1.94. The number of pyridine rings is 1. The third-order valence-corrected chi connectivity index (χ3v) is 3.12. The van der Waals surface area contributed by atoms with E-state index >= 15 is 0 Å². The predicted octanol–water partition coefficient (Wildman–Crippen LogP) is 3.31. The van der Waals surface area contributed by atoms with Crippen LogP contribution in [0.5, 0.6) is 5.75 Å². The maximum atomic E-state index is 13.9. The number of Topliss-reactive ketones (excluding diaryl/α,β-unsaturated/α-hetero) is 1. The first-order valence-electron chi connectivity index (χ1n) is 5.60. The molecule has 0 radical (unpaired) electrons. The molecule has 0 unspecified atom stereocenters. The van der Waals surface area contributed by atoms with Crippen LogP contribution in [0.2, 0.25) is 5.02 Å². The van der Waals surface area contributed by atoms with Crippen LogP contribution in [0.3, 0.4) is 0 Å². The molecule has 0 aliphatic carbocycles. The Balaban J connectivity index is 2.35. The number of aryl methyl sites for hydroxylation is 1. The molecule has 5 heteroatoms. The number of aromatic nitrogens is 1. The van der Waals surface area contributed by atoms with Crippen LogP contribution in [-0.2, 0) is 6.42 Å². The minimum Gasteiger partial charge on any atom is -0.508 e. The van der Waals surface area contributed by atoms with Gasteiger partial charge in [0.1, 0.15) is 11.6 Å². The van der Waals surface area contributed by atoms with Gasteiger partial charge in [0.25, 0.3) is 0 Å². The standard InChI is InChI=1S/C14H11ClFNO2/c1-8-2-3-12(18)10(14(8)16)6-13(19)9-4-5-17-7-11(9)15/h2-5,7,18H,6H2,1H3. The molecule has 19 heavy (non-hydrogen) atoms. The van der Waals surface area contributed by atoms with E-state index in [1.54, 1.807) is 6.92 Å². The van der Waals surface area contributed by atoms with Crippen LogP contribution in [0.25, 0.3) is 0 Å². The molecule has 2 rings (SSSR count). The Labute approximate surface area is 114 Å². The minimum absolute atomic E-state index is 0.0159. The average molecular weight is 280 g/mol. The van der Waals surface area contributed by atoms with E-state index in [-0.39, 0.29) is 34.1 Å². The van der Waals surface area contributed by atoms with Gasteiger partial charge in [0.15, 0.2) is 5.78 Å². The third-order valence-electron chi connectivity index (χ3n) is 2.82. The fraction of sp³-hybridized carbons (Fsp3) is 0.143. The summed E-state index contributed by atoms with van der Waals surface area (Å²) in [6.45, 7) is 1.57. The fourth-order valence-electron chi connectivity index (χ4n) is 1.75. The number of carbonyl (C=O) groups is 1. The zero-order valence-electron chi connectivity index (χ0n) is 10.2. The molecule has 1 aromatic heterocycles. The van der Waals surface area contributed by atoms with Crippen molar-refractivity contribution in [2.45, 2.75) is 13.3 Å². The highest BCUT2D eigenvalue weighted by Gasteiger charge is 2.17. The zero-order valence-corrected chi connectivity index (χ0v) is 10.9. The first kappa shape index (κ1) is 13.5. The van der Waals surface area contributed by atoms with Crippen molar-refractivity contribution >= 4 is 17.4 Å². The molecule has 2 aromatic rings. The van der Waals surface area contributed by atoms with Gasteiger partial charge in [0.2, 0.25) is 0 Å². The molecule has 0 aliphatic rings. The number of carbonyl (C=O) groups excluding carboxylic acids is 1. The summed E-state index contributed by atoms with van der Waals surface area (Å²) in [5.74, 6) is -1.17. The Bertz CT molecular complexity index is 643. The van der Waals surface area contributed by atoms with Gasteiger partial charge in [0, 0.05) is 29.9 Å². The van der Waals surface area contributed by atoms with Crippen LogP contribution in [0, 0.1) is 12.7 Å². The highest BCUT2D eigenvalue weighted by molar-refractivity contribution is 6.33. The Morgan fingerprint density at radius 1 is 1.42 bits per heavy atom. The number of hydrogen-bond acceptors (Lipinski definition) is 3. The van der Waals surface area contributed by atoms with Crippen molar-refractivity contribution in [1.82, 2.24) is 4.98 Å². The number of aromatic hydroxyl groups is 1. The lowest BCUT2D eigenvalue weighted by molar-refractivity contribution is 0.0991. The first-order valence-corrected chi connectivity index (χ1v) is 5.98. The van der Waals surface area contributed by atoms with E-state index in [2.05, 4.69) is 4.98 Å². The van der Waals surface area contributed by atoms with Crippen molar-refractivity contribution in [3.63, 3.8) is 0 Å². The van der Waals surface area contributed by atoms with E-state index < -0.39 is 5.82 Å². The van der Waals surface area contributed by atoms with Crippen LogP contribution in [0.15, 0.2) is 30.6 Å². The Morgan fingerprint density at radius 2 is 2.16 bits per heavy atom. The maximum Gasteiger partial charge on any atom is 0.169 e. The van der Waals surface area contributed by atoms with E-state index in [4.69, 9.17) is 11.6 Å². The summed E-state index contributed by atoms with van der Waals surface area (Å²) in [5, 5.41) is 9.85. The number of phenolic OH excluding ortho intramolecular Hbond substituents is 1. The van der Waals surface area contributed by atoms with Crippen molar-refractivity contribution < 1.29 is 14.3 Å². The van der Waals surface area contributed by atoms with Crippen LogP contribution >= 0.6 is 11.6 Å². The first-order chi connectivity index (χ1) is 9.00. The molecule has 98 valence electrons. The van der Waals surface area contributed by atoms with Gasteiger partial charge < -0.3 is 5.11 Å². The average Bonchev–Trinajstić information content (AvgIpc) is 2.39. The number of rotatable bonds is 3. The van der Waals surface area contributed by atoms with Crippen LogP contribution in [0.4, 0.5) is 4.39 Å². The van der Waals surface area contributed by atoms with Crippen LogP contribution < -0.4 is 0 Å². The molecule has 1 heterocycles. The molecule has 0 amide bonds. The summed E-state index contributed by atoms with van der Waals surface area (Å²) in [6.07, 6.45) is 2.54. The molecule has 0 atom stereocenters. The van der Waals surface area contributed by atoms with Crippen LogP contribution in [-0.4, -0.2) is 15.9 Å². The van der Waals surface area contributed by atoms with E-state index in [1.165, 1.54) is 30.6 Å². The third kappa shape index (κ3) is 2.74. The Morgan fingerprint density at radius 3 is 2.84 bits per heavy atom. The van der Waals surface area contributed by atoms with Crippen molar-refractivity contribution in [2.24, 2.45) is 0 Å². The van der Waals surface area contributed by atoms with Gasteiger partial charge in [-0.25, -0.2) is 4.39 Å². The smallest absolute Gasteiger partial charge is 0.169 e. The van der Waals surface area contributed by atoms with E-state index in [9.17, 15) is 14.3 Å². The number of benzene rings is 1. The maximum absolute atomic E-state index is 13.9. The van der Waals surface area contributed by atoms with Crippen molar-refractivity contribution in [1.29, 1.82) is 0 Å².